The molecule has 1 aliphatic rings. The van der Waals surface area contributed by atoms with Gasteiger partial charge in [-0.1, -0.05) is 12.1 Å². The van der Waals surface area contributed by atoms with E-state index < -0.39 is 6.10 Å². The summed E-state index contributed by atoms with van der Waals surface area (Å²) in [4.78, 5) is 2.16. The molecule has 5 heteroatoms. The Hall–Kier alpha value is -1.14. The molecule has 1 atom stereocenters. The summed E-state index contributed by atoms with van der Waals surface area (Å²) in [5.74, 6) is 0.746. The summed E-state index contributed by atoms with van der Waals surface area (Å²) in [5, 5.41) is 19.4. The highest BCUT2D eigenvalue weighted by molar-refractivity contribution is 5.27. The van der Waals surface area contributed by atoms with Crippen molar-refractivity contribution >= 4 is 0 Å². The highest BCUT2D eigenvalue weighted by atomic mass is 16.5. The minimum absolute atomic E-state index is 0.180. The monoisotopic (exact) mass is 280 g/mol. The lowest BCUT2D eigenvalue weighted by Gasteiger charge is -2.30. The first kappa shape index (κ1) is 15.3. The molecule has 112 valence electrons. The lowest BCUT2D eigenvalue weighted by molar-refractivity contribution is 0.0337. The number of hydrogen-bond acceptors (Lipinski definition) is 5. The number of hydrogen-bond donors (Lipinski definition) is 3. The summed E-state index contributed by atoms with van der Waals surface area (Å²) < 4.78 is 5.56. The van der Waals surface area contributed by atoms with Gasteiger partial charge in [0.2, 0.25) is 0 Å². The molecule has 4 N–H and O–H groups in total. The van der Waals surface area contributed by atoms with E-state index in [1.165, 1.54) is 0 Å². The first-order valence-electron chi connectivity index (χ1n) is 7.17. The maximum atomic E-state index is 9.98. The second-order valence-corrected chi connectivity index (χ2v) is 5.34. The minimum Gasteiger partial charge on any atom is -0.491 e. The third-order valence-corrected chi connectivity index (χ3v) is 3.63. The fourth-order valence-electron chi connectivity index (χ4n) is 2.37. The number of aliphatic hydroxyl groups is 2. The minimum atomic E-state index is -0.514. The van der Waals surface area contributed by atoms with Gasteiger partial charge in [0, 0.05) is 26.2 Å². The van der Waals surface area contributed by atoms with E-state index in [0.717, 1.165) is 37.2 Å². The standard InChI is InChI=1S/C15H24N2O3/c16-9-12-1-3-15(4-2-12)20-11-14(19)10-17-7-5-13(18)6-8-17/h1-4,13-14,18-19H,5-11,16H2. The van der Waals surface area contributed by atoms with Crippen LogP contribution in [0.1, 0.15) is 18.4 Å². The quantitative estimate of drug-likeness (QED) is 0.700. The number of ether oxygens (including phenoxy) is 1. The van der Waals surface area contributed by atoms with Gasteiger partial charge in [-0.3, -0.25) is 0 Å². The Morgan fingerprint density at radius 2 is 1.90 bits per heavy atom. The van der Waals surface area contributed by atoms with Crippen molar-refractivity contribution in [2.45, 2.75) is 31.6 Å². The molecule has 0 aliphatic carbocycles. The molecular formula is C15H24N2O3. The lowest BCUT2D eigenvalue weighted by atomic mass is 10.1. The third kappa shape index (κ3) is 4.76. The molecule has 1 heterocycles. The van der Waals surface area contributed by atoms with E-state index in [1.54, 1.807) is 0 Å². The molecule has 20 heavy (non-hydrogen) atoms. The molecule has 1 aliphatic heterocycles. The highest BCUT2D eigenvalue weighted by Crippen LogP contribution is 2.13. The number of β-amino-alcohol motifs (C(OH)–C–C–N with tert-alkyl or cyclic N) is 1. The van der Waals surface area contributed by atoms with Crippen molar-refractivity contribution in [1.82, 2.24) is 4.90 Å². The van der Waals surface area contributed by atoms with Gasteiger partial charge in [-0.25, -0.2) is 0 Å². The van der Waals surface area contributed by atoms with Crippen LogP contribution in [-0.4, -0.2) is 53.6 Å². The molecule has 0 amide bonds. The topological polar surface area (TPSA) is 79.0 Å². The molecule has 0 saturated carbocycles. The second-order valence-electron chi connectivity index (χ2n) is 5.34. The molecule has 1 aromatic carbocycles. The zero-order valence-electron chi connectivity index (χ0n) is 11.7. The van der Waals surface area contributed by atoms with Gasteiger partial charge in [0.05, 0.1) is 6.10 Å². The normalized spacial score (nSPS) is 18.9. The fraction of sp³-hybridized carbons (Fsp3) is 0.600. The summed E-state index contributed by atoms with van der Waals surface area (Å²) in [6.45, 7) is 3.06. The third-order valence-electron chi connectivity index (χ3n) is 3.63. The molecule has 0 bridgehead atoms. The van der Waals surface area contributed by atoms with Crippen molar-refractivity contribution in [2.75, 3.05) is 26.2 Å². The molecule has 0 radical (unpaired) electrons. The van der Waals surface area contributed by atoms with Crippen LogP contribution in [0.5, 0.6) is 5.75 Å². The zero-order valence-corrected chi connectivity index (χ0v) is 11.7. The van der Waals surface area contributed by atoms with Crippen LogP contribution in [0.15, 0.2) is 24.3 Å². The fourth-order valence-corrected chi connectivity index (χ4v) is 2.37. The number of aliphatic hydroxyl groups excluding tert-OH is 2. The summed E-state index contributed by atoms with van der Waals surface area (Å²) in [6.07, 6.45) is 0.877. The van der Waals surface area contributed by atoms with Gasteiger partial charge < -0.3 is 25.6 Å². The van der Waals surface area contributed by atoms with Gasteiger partial charge in [-0.05, 0) is 30.5 Å². The molecule has 1 aromatic rings. The number of likely N-dealkylation sites (tertiary alicyclic amines) is 1. The van der Waals surface area contributed by atoms with E-state index in [0.29, 0.717) is 13.1 Å². The van der Waals surface area contributed by atoms with Crippen molar-refractivity contribution in [3.8, 4) is 5.75 Å². The molecular weight excluding hydrogens is 256 g/mol. The number of nitrogens with two attached hydrogens (primary N) is 1. The van der Waals surface area contributed by atoms with Crippen LogP contribution < -0.4 is 10.5 Å². The van der Waals surface area contributed by atoms with Crippen LogP contribution in [-0.2, 0) is 6.54 Å². The van der Waals surface area contributed by atoms with Gasteiger partial charge >= 0.3 is 0 Å². The molecule has 0 spiro atoms. The maximum absolute atomic E-state index is 9.98. The van der Waals surface area contributed by atoms with Crippen molar-refractivity contribution in [3.05, 3.63) is 29.8 Å². The van der Waals surface area contributed by atoms with E-state index >= 15 is 0 Å². The highest BCUT2D eigenvalue weighted by Gasteiger charge is 2.19. The molecule has 0 aromatic heterocycles. The van der Waals surface area contributed by atoms with Gasteiger partial charge in [0.25, 0.3) is 0 Å². The Bertz CT molecular complexity index is 389. The molecule has 1 fully saturated rings. The molecule has 1 unspecified atom stereocenters. The first-order chi connectivity index (χ1) is 9.67. The van der Waals surface area contributed by atoms with Crippen molar-refractivity contribution in [1.29, 1.82) is 0 Å². The summed E-state index contributed by atoms with van der Waals surface area (Å²) >= 11 is 0. The van der Waals surface area contributed by atoms with E-state index in [1.807, 2.05) is 24.3 Å². The first-order valence-corrected chi connectivity index (χ1v) is 7.17. The second kappa shape index (κ2) is 7.59. The molecule has 5 nitrogen and oxygen atoms in total. The zero-order chi connectivity index (χ0) is 14.4. The predicted octanol–water partition coefficient (Wildman–Crippen LogP) is 0.342. The Kier molecular flexibility index (Phi) is 5.79. The van der Waals surface area contributed by atoms with Crippen molar-refractivity contribution in [2.24, 2.45) is 5.73 Å². The average molecular weight is 280 g/mol. The summed E-state index contributed by atoms with van der Waals surface area (Å²) in [7, 11) is 0. The van der Waals surface area contributed by atoms with Crippen LogP contribution >= 0.6 is 0 Å². The van der Waals surface area contributed by atoms with Gasteiger partial charge in [-0.15, -0.1) is 0 Å². The summed E-state index contributed by atoms with van der Waals surface area (Å²) in [5.41, 5.74) is 6.59. The van der Waals surface area contributed by atoms with Crippen LogP contribution in [0.2, 0.25) is 0 Å². The van der Waals surface area contributed by atoms with Gasteiger partial charge in [-0.2, -0.15) is 0 Å². The SMILES string of the molecule is NCc1ccc(OCC(O)CN2CCC(O)CC2)cc1. The Morgan fingerprint density at radius 1 is 1.25 bits per heavy atom. The van der Waals surface area contributed by atoms with E-state index in [2.05, 4.69) is 4.90 Å². The number of benzene rings is 1. The molecule has 1 saturated heterocycles. The average Bonchev–Trinajstić information content (AvgIpc) is 2.48. The van der Waals surface area contributed by atoms with E-state index in [9.17, 15) is 10.2 Å². The van der Waals surface area contributed by atoms with Gasteiger partial charge in [0.1, 0.15) is 18.5 Å². The van der Waals surface area contributed by atoms with Crippen LogP contribution in [0.3, 0.4) is 0 Å². The predicted molar refractivity (Wildman–Crippen MR) is 77.5 cm³/mol. The Balaban J connectivity index is 1.70. The Morgan fingerprint density at radius 3 is 2.50 bits per heavy atom. The number of rotatable bonds is 6. The largest absolute Gasteiger partial charge is 0.491 e. The lowest BCUT2D eigenvalue weighted by Crippen LogP contribution is -2.41. The van der Waals surface area contributed by atoms with Gasteiger partial charge in [0.15, 0.2) is 0 Å². The maximum Gasteiger partial charge on any atom is 0.119 e. The van der Waals surface area contributed by atoms with Crippen LogP contribution in [0.4, 0.5) is 0 Å². The smallest absolute Gasteiger partial charge is 0.119 e. The summed E-state index contributed by atoms with van der Waals surface area (Å²) in [6, 6.07) is 7.58. The molecule has 2 rings (SSSR count). The van der Waals surface area contributed by atoms with E-state index in [-0.39, 0.29) is 12.7 Å². The van der Waals surface area contributed by atoms with Crippen LogP contribution in [0.25, 0.3) is 0 Å². The number of piperidine rings is 1. The number of nitrogens with zero attached hydrogens (tertiary/aromatic N) is 1. The Labute approximate surface area is 120 Å². The van der Waals surface area contributed by atoms with E-state index in [4.69, 9.17) is 10.5 Å². The van der Waals surface area contributed by atoms with Crippen molar-refractivity contribution < 1.29 is 14.9 Å². The van der Waals surface area contributed by atoms with Crippen molar-refractivity contribution in [3.63, 3.8) is 0 Å². The van der Waals surface area contributed by atoms with Crippen LogP contribution in [0, 0.1) is 0 Å².